The van der Waals surface area contributed by atoms with Gasteiger partial charge in [-0.15, -0.1) is 0 Å². The lowest BCUT2D eigenvalue weighted by atomic mass is 9.83. The molecule has 0 radical (unpaired) electrons. The second kappa shape index (κ2) is 40.5. The average Bonchev–Trinajstić information content (AvgIpc) is 1.41. The van der Waals surface area contributed by atoms with Crippen LogP contribution < -0.4 is 48.3 Å². The number of nitrogens with zero attached hydrogens (tertiary/aromatic N) is 4. The van der Waals surface area contributed by atoms with Gasteiger partial charge in [0.2, 0.25) is 47.3 Å². The summed E-state index contributed by atoms with van der Waals surface area (Å²) >= 11 is 0. The number of carbonyl (C=O) groups is 11. The number of unbranched alkanes of at least 4 members (excludes halogenated alkanes) is 2. The van der Waals surface area contributed by atoms with Crippen molar-refractivity contribution >= 4 is 82.2 Å². The van der Waals surface area contributed by atoms with Crippen LogP contribution in [0.15, 0.2) is 91.0 Å². The molecule has 12 N–H and O–H groups in total. The highest BCUT2D eigenvalue weighted by molar-refractivity contribution is 6.12. The number of hydrogen-bond acceptors (Lipinski definition) is 15. The Kier molecular flexibility index (Phi) is 33.2. The second-order valence-electron chi connectivity index (χ2n) is 27.9. The SMILES string of the molecule is CC[C@H](C)[C@@H]([C@H](CO)CC(=O)N1CCC[C@H]1[C@H](CO)[C@@H](C)C(=O)N[C@@H](Cc1ccccc1)C(=O)Nc1ccc(NCc2ccc(NC(=O)[C@H](CCCNC(N)=O)NC(=O)C(NC(=O)CCCCCN3C(=O)C=CC3=O)C(C)C)cc2)cc1)N(C)C(=O)[C@@H](NC(=O)[C@H](C(C)C)N(C)C)C(C)C. The van der Waals surface area contributed by atoms with E-state index in [1.54, 1.807) is 74.0 Å². The van der Waals surface area contributed by atoms with Crippen LogP contribution in [-0.2, 0) is 60.9 Å². The summed E-state index contributed by atoms with van der Waals surface area (Å²) in [5.74, 6) is -7.05. The van der Waals surface area contributed by atoms with Crippen LogP contribution in [0.25, 0.3) is 0 Å². The molecule has 0 saturated carbocycles. The Labute approximate surface area is 589 Å². The number of urea groups is 1. The molecule has 100 heavy (non-hydrogen) atoms. The van der Waals surface area contributed by atoms with E-state index in [2.05, 4.69) is 42.5 Å². The third-order valence-corrected chi connectivity index (χ3v) is 19.1. The van der Waals surface area contributed by atoms with Crippen molar-refractivity contribution in [1.82, 2.24) is 46.2 Å². The molecular weight excluding hydrogens is 1280 g/mol. The first-order valence-electron chi connectivity index (χ1n) is 35.3. The van der Waals surface area contributed by atoms with E-state index in [0.29, 0.717) is 69.4 Å². The monoisotopic (exact) mass is 1390 g/mol. The summed E-state index contributed by atoms with van der Waals surface area (Å²) in [5.41, 5.74) is 8.52. The lowest BCUT2D eigenvalue weighted by molar-refractivity contribution is -0.144. The van der Waals surface area contributed by atoms with Crippen LogP contribution in [0.5, 0.6) is 0 Å². The molecule has 5 rings (SSSR count). The van der Waals surface area contributed by atoms with E-state index in [1.807, 2.05) is 103 Å². The molecule has 1 saturated heterocycles. The van der Waals surface area contributed by atoms with Gasteiger partial charge in [0.15, 0.2) is 0 Å². The van der Waals surface area contributed by atoms with Crippen LogP contribution in [0.1, 0.15) is 138 Å². The highest BCUT2D eigenvalue weighted by Gasteiger charge is 2.43. The van der Waals surface area contributed by atoms with E-state index in [1.165, 1.54) is 12.2 Å². The smallest absolute Gasteiger partial charge is 0.312 e. The Morgan fingerprint density at radius 1 is 0.630 bits per heavy atom. The van der Waals surface area contributed by atoms with Crippen molar-refractivity contribution in [3.05, 3.63) is 102 Å². The number of imide groups is 1. The number of benzene rings is 3. The maximum Gasteiger partial charge on any atom is 0.312 e. The summed E-state index contributed by atoms with van der Waals surface area (Å²) in [7, 11) is 5.31. The number of primary amides is 1. The quantitative estimate of drug-likeness (QED) is 0.0254. The van der Waals surface area contributed by atoms with Gasteiger partial charge in [0.05, 0.1) is 6.04 Å². The predicted molar refractivity (Wildman–Crippen MR) is 384 cm³/mol. The van der Waals surface area contributed by atoms with Crippen molar-refractivity contribution in [2.24, 2.45) is 47.2 Å². The van der Waals surface area contributed by atoms with Gasteiger partial charge in [-0.05, 0) is 124 Å². The van der Waals surface area contributed by atoms with Crippen LogP contribution in [0, 0.1) is 41.4 Å². The molecule has 11 atom stereocenters. The summed E-state index contributed by atoms with van der Waals surface area (Å²) < 4.78 is 0. The molecule has 2 aliphatic rings. The topological polar surface area (TPSA) is 363 Å². The van der Waals surface area contributed by atoms with E-state index in [0.717, 1.165) is 21.7 Å². The van der Waals surface area contributed by atoms with Gasteiger partial charge in [0.25, 0.3) is 11.8 Å². The number of carbonyl (C=O) groups excluding carboxylic acids is 11. The number of likely N-dealkylation sites (tertiary alicyclic amines) is 1. The first-order valence-corrected chi connectivity index (χ1v) is 35.3. The van der Waals surface area contributed by atoms with E-state index in [4.69, 9.17) is 5.73 Å². The van der Waals surface area contributed by atoms with Crippen LogP contribution >= 0.6 is 0 Å². The molecule has 0 bridgehead atoms. The van der Waals surface area contributed by atoms with E-state index in [9.17, 15) is 63.0 Å². The summed E-state index contributed by atoms with van der Waals surface area (Å²) in [5, 5.41) is 45.3. The zero-order chi connectivity index (χ0) is 73.9. The molecule has 2 heterocycles. The Morgan fingerprint density at radius 2 is 1.22 bits per heavy atom. The highest BCUT2D eigenvalue weighted by Crippen LogP contribution is 2.33. The third-order valence-electron chi connectivity index (χ3n) is 19.1. The molecule has 12 amide bonds. The van der Waals surface area contributed by atoms with Gasteiger partial charge in [0, 0.05) is 125 Å². The number of rotatable bonds is 41. The van der Waals surface area contributed by atoms with Crippen molar-refractivity contribution in [1.29, 1.82) is 0 Å². The van der Waals surface area contributed by atoms with E-state index in [-0.39, 0.29) is 97.9 Å². The lowest BCUT2D eigenvalue weighted by Gasteiger charge is -2.41. The predicted octanol–water partition coefficient (Wildman–Crippen LogP) is 5.30. The van der Waals surface area contributed by atoms with Gasteiger partial charge < -0.3 is 68.3 Å². The molecule has 3 aromatic rings. The normalized spacial score (nSPS) is 16.8. The minimum atomic E-state index is -1.06. The minimum absolute atomic E-state index is 0.0208. The number of hydrogen-bond donors (Lipinski definition) is 11. The van der Waals surface area contributed by atoms with Crippen molar-refractivity contribution in [3.63, 3.8) is 0 Å². The maximum absolute atomic E-state index is 14.6. The fraction of sp³-hybridized carbons (Fsp3) is 0.581. The van der Waals surface area contributed by atoms with Crippen LogP contribution in [0.2, 0.25) is 0 Å². The maximum atomic E-state index is 14.6. The Bertz CT molecular complexity index is 3210. The Hall–Kier alpha value is -8.75. The fourth-order valence-electron chi connectivity index (χ4n) is 13.3. The standard InChI is InChI=1S/C74H111N13O13/c1-13-48(8)67(85(12)73(99)65(46(4)5)83-72(98)66(47(6)7)84(10)11)52(43-88)41-63(93)86-39-21-25-59(86)56(44-89)49(9)68(94)81-58(40-50-22-16-14-17-23-50)70(96)79-55-33-31-53(32-34-55)77-42-51-27-29-54(30-28-51)78-69(95)57(24-20-37-76-74(75)100)80-71(97)64(45(2)3)82-60(90)26-18-15-19-38-87-61(91)35-36-62(87)92/h14,16-17,22-23,27-36,45-49,52,56-59,64-67,77,88-89H,13,15,18-21,24-26,37-44H2,1-12H3,(H,78,95)(H,79,96)(H,80,97)(H,81,94)(H,82,90)(H,83,98)(H3,75,76,100)/t48-,49+,52-,56+,57-,58-,59-,64?,65-,66-,67-/m0/s1. The summed E-state index contributed by atoms with van der Waals surface area (Å²) in [6.07, 6.45) is 6.32. The molecule has 550 valence electrons. The highest BCUT2D eigenvalue weighted by atomic mass is 16.3. The minimum Gasteiger partial charge on any atom is -0.396 e. The molecule has 26 nitrogen and oxygen atoms in total. The van der Waals surface area contributed by atoms with Crippen molar-refractivity contribution in [2.45, 2.75) is 182 Å². The summed E-state index contributed by atoms with van der Waals surface area (Å²) in [6, 6.07) is 17.1. The molecule has 3 aromatic carbocycles. The molecule has 2 aliphatic heterocycles. The molecule has 0 spiro atoms. The first kappa shape index (κ1) is 81.9. The van der Waals surface area contributed by atoms with Crippen LogP contribution in [0.4, 0.5) is 21.9 Å². The zero-order valence-electron chi connectivity index (χ0n) is 60.5. The molecule has 0 aliphatic carbocycles. The number of aliphatic hydroxyl groups is 2. The molecule has 26 heteroatoms. The number of nitrogens with two attached hydrogens (primary N) is 1. The molecule has 1 fully saturated rings. The Morgan fingerprint density at radius 3 is 1.78 bits per heavy atom. The fourth-order valence-corrected chi connectivity index (χ4v) is 13.3. The van der Waals surface area contributed by atoms with E-state index >= 15 is 0 Å². The second-order valence-corrected chi connectivity index (χ2v) is 27.9. The van der Waals surface area contributed by atoms with Crippen molar-refractivity contribution < 1.29 is 63.0 Å². The van der Waals surface area contributed by atoms with Crippen molar-refractivity contribution in [2.75, 3.05) is 69.9 Å². The average molecular weight is 1390 g/mol. The lowest BCUT2D eigenvalue weighted by Crippen LogP contribution is -2.59. The van der Waals surface area contributed by atoms with E-state index < -0.39 is 103 Å². The van der Waals surface area contributed by atoms with Gasteiger partial charge in [-0.3, -0.25) is 57.7 Å². The summed E-state index contributed by atoms with van der Waals surface area (Å²) in [4.78, 5) is 153. The summed E-state index contributed by atoms with van der Waals surface area (Å²) in [6.45, 7) is 17.1. The number of aliphatic hydroxyl groups excluding tert-OH is 2. The first-order chi connectivity index (χ1) is 47.5. The van der Waals surface area contributed by atoms with Gasteiger partial charge in [0.1, 0.15) is 24.2 Å². The van der Waals surface area contributed by atoms with Gasteiger partial charge in [-0.2, -0.15) is 0 Å². The van der Waals surface area contributed by atoms with Crippen LogP contribution in [0.3, 0.4) is 0 Å². The number of likely N-dealkylation sites (N-methyl/N-ethyl adjacent to an activating group) is 2. The van der Waals surface area contributed by atoms with Gasteiger partial charge >= 0.3 is 6.03 Å². The zero-order valence-corrected chi connectivity index (χ0v) is 60.5. The molecule has 0 aromatic heterocycles. The van der Waals surface area contributed by atoms with Crippen LogP contribution in [-0.4, -0.2) is 191 Å². The number of anilines is 3. The third kappa shape index (κ3) is 24.6. The number of amides is 12. The molecule has 1 unspecified atom stereocenters. The largest absolute Gasteiger partial charge is 0.396 e. The number of nitrogens with one attached hydrogen (secondary N) is 8. The van der Waals surface area contributed by atoms with Gasteiger partial charge in [-0.25, -0.2) is 4.79 Å². The van der Waals surface area contributed by atoms with Crippen molar-refractivity contribution in [3.8, 4) is 0 Å². The molecular formula is C74H111N13O13. The van der Waals surface area contributed by atoms with Gasteiger partial charge in [-0.1, -0.05) is 118 Å². The Balaban J connectivity index is 1.18.